The van der Waals surface area contributed by atoms with Crippen LogP contribution >= 0.6 is 0 Å². The average molecular weight is 326 g/mol. The molecule has 1 aromatic heterocycles. The maximum Gasteiger partial charge on any atom is 0.227 e. The standard InChI is InChI=1S/C19H26N4O/c1-21(2)19(24)16-12-22(3)10-11-23(13-16)14-17-9-8-15-6-4-5-7-18(15)20-17/h4-9,16H,10-14H2,1-3H3/t16-/m1/s1. The van der Waals surface area contributed by atoms with Gasteiger partial charge in [0.15, 0.2) is 0 Å². The van der Waals surface area contributed by atoms with Gasteiger partial charge in [0, 0.05) is 52.2 Å². The van der Waals surface area contributed by atoms with Gasteiger partial charge in [0.2, 0.25) is 5.91 Å². The summed E-state index contributed by atoms with van der Waals surface area (Å²) >= 11 is 0. The average Bonchev–Trinajstić information content (AvgIpc) is 2.75. The number of benzene rings is 1. The molecule has 1 aliphatic rings. The van der Waals surface area contributed by atoms with Crippen molar-refractivity contribution in [2.45, 2.75) is 6.54 Å². The lowest BCUT2D eigenvalue weighted by Crippen LogP contribution is -2.40. The molecule has 2 aromatic rings. The highest BCUT2D eigenvalue weighted by Gasteiger charge is 2.27. The fourth-order valence-electron chi connectivity index (χ4n) is 3.33. The number of carbonyl (C=O) groups is 1. The Balaban J connectivity index is 1.75. The van der Waals surface area contributed by atoms with Crippen LogP contribution in [0, 0.1) is 5.92 Å². The van der Waals surface area contributed by atoms with Gasteiger partial charge in [0.05, 0.1) is 17.1 Å². The van der Waals surface area contributed by atoms with Crippen molar-refractivity contribution in [3.8, 4) is 0 Å². The second-order valence-electron chi connectivity index (χ2n) is 6.92. The summed E-state index contributed by atoms with van der Waals surface area (Å²) < 4.78 is 0. The fourth-order valence-corrected chi connectivity index (χ4v) is 3.33. The highest BCUT2D eigenvalue weighted by atomic mass is 16.2. The lowest BCUT2D eigenvalue weighted by Gasteiger charge is -2.25. The molecule has 0 unspecified atom stereocenters. The van der Waals surface area contributed by atoms with E-state index in [1.165, 1.54) is 0 Å². The number of hydrogen-bond donors (Lipinski definition) is 0. The molecule has 3 rings (SSSR count). The van der Waals surface area contributed by atoms with Crippen molar-refractivity contribution in [2.75, 3.05) is 47.3 Å². The molecule has 1 amide bonds. The molecule has 5 heteroatoms. The molecule has 1 aromatic carbocycles. The van der Waals surface area contributed by atoms with Crippen molar-refractivity contribution in [2.24, 2.45) is 5.92 Å². The summed E-state index contributed by atoms with van der Waals surface area (Å²) in [5, 5.41) is 1.16. The van der Waals surface area contributed by atoms with Gasteiger partial charge >= 0.3 is 0 Å². The second kappa shape index (κ2) is 7.28. The Morgan fingerprint density at radius 2 is 1.96 bits per heavy atom. The lowest BCUT2D eigenvalue weighted by atomic mass is 10.1. The molecular weight excluding hydrogens is 300 g/mol. The van der Waals surface area contributed by atoms with Crippen molar-refractivity contribution >= 4 is 16.8 Å². The van der Waals surface area contributed by atoms with Crippen molar-refractivity contribution in [3.05, 3.63) is 42.1 Å². The molecule has 0 radical (unpaired) electrons. The van der Waals surface area contributed by atoms with Crippen molar-refractivity contribution < 1.29 is 4.79 Å². The minimum Gasteiger partial charge on any atom is -0.348 e. The van der Waals surface area contributed by atoms with Crippen molar-refractivity contribution in [1.29, 1.82) is 0 Å². The van der Waals surface area contributed by atoms with E-state index >= 15 is 0 Å². The largest absolute Gasteiger partial charge is 0.348 e. The van der Waals surface area contributed by atoms with Crippen LogP contribution in [0.25, 0.3) is 10.9 Å². The zero-order chi connectivity index (χ0) is 17.1. The first-order valence-electron chi connectivity index (χ1n) is 8.49. The highest BCUT2D eigenvalue weighted by molar-refractivity contribution is 5.79. The van der Waals surface area contributed by atoms with E-state index in [9.17, 15) is 4.79 Å². The van der Waals surface area contributed by atoms with Crippen LogP contribution in [0.3, 0.4) is 0 Å². The topological polar surface area (TPSA) is 39.7 Å². The van der Waals surface area contributed by atoms with Gasteiger partial charge in [-0.1, -0.05) is 24.3 Å². The predicted molar refractivity (Wildman–Crippen MR) is 96.7 cm³/mol. The second-order valence-corrected chi connectivity index (χ2v) is 6.92. The maximum atomic E-state index is 12.4. The van der Waals surface area contributed by atoms with Gasteiger partial charge < -0.3 is 9.80 Å². The molecule has 0 spiro atoms. The molecule has 0 N–H and O–H groups in total. The summed E-state index contributed by atoms with van der Waals surface area (Å²) in [6.45, 7) is 4.33. The third kappa shape index (κ3) is 3.91. The normalized spacial score (nSPS) is 20.0. The van der Waals surface area contributed by atoms with E-state index in [2.05, 4.69) is 35.0 Å². The quantitative estimate of drug-likeness (QED) is 0.860. The molecule has 0 saturated carbocycles. The number of pyridine rings is 1. The molecule has 0 bridgehead atoms. The van der Waals surface area contributed by atoms with E-state index in [4.69, 9.17) is 4.98 Å². The lowest BCUT2D eigenvalue weighted by molar-refractivity contribution is -0.133. The summed E-state index contributed by atoms with van der Waals surface area (Å²) in [4.78, 5) is 23.5. The van der Waals surface area contributed by atoms with Crippen molar-refractivity contribution in [3.63, 3.8) is 0 Å². The van der Waals surface area contributed by atoms with E-state index in [1.807, 2.05) is 32.3 Å². The van der Waals surface area contributed by atoms with Gasteiger partial charge in [-0.2, -0.15) is 0 Å². The molecule has 1 aliphatic heterocycles. The van der Waals surface area contributed by atoms with Gasteiger partial charge in [-0.05, 0) is 19.2 Å². The Morgan fingerprint density at radius 3 is 2.75 bits per heavy atom. The van der Waals surface area contributed by atoms with Gasteiger partial charge in [-0.15, -0.1) is 0 Å². The van der Waals surface area contributed by atoms with Crippen LogP contribution < -0.4 is 0 Å². The Bertz CT molecular complexity index is 715. The van der Waals surface area contributed by atoms with Gasteiger partial charge in [0.25, 0.3) is 0 Å². The van der Waals surface area contributed by atoms with Crippen LogP contribution in [0.15, 0.2) is 36.4 Å². The van der Waals surface area contributed by atoms with Gasteiger partial charge in [-0.25, -0.2) is 0 Å². The number of para-hydroxylation sites is 1. The Labute approximate surface area is 143 Å². The minimum atomic E-state index is 0.0213. The summed E-state index contributed by atoms with van der Waals surface area (Å²) in [5.74, 6) is 0.230. The number of hydrogen-bond acceptors (Lipinski definition) is 4. The van der Waals surface area contributed by atoms with E-state index < -0.39 is 0 Å². The first-order valence-corrected chi connectivity index (χ1v) is 8.49. The third-order valence-electron chi connectivity index (χ3n) is 4.64. The first-order chi connectivity index (χ1) is 11.5. The molecule has 0 aliphatic carbocycles. The van der Waals surface area contributed by atoms with Crippen LogP contribution in [0.2, 0.25) is 0 Å². The molecule has 5 nitrogen and oxygen atoms in total. The third-order valence-corrected chi connectivity index (χ3v) is 4.64. The summed E-state index contributed by atoms with van der Waals surface area (Å²) in [6.07, 6.45) is 0. The van der Waals surface area contributed by atoms with Crippen LogP contribution in [0.4, 0.5) is 0 Å². The Morgan fingerprint density at radius 1 is 1.17 bits per heavy atom. The minimum absolute atomic E-state index is 0.0213. The van der Waals surface area contributed by atoms with E-state index in [0.717, 1.165) is 49.3 Å². The molecule has 2 heterocycles. The molecule has 1 saturated heterocycles. The molecule has 1 atom stereocenters. The predicted octanol–water partition coefficient (Wildman–Crippen LogP) is 1.69. The number of aromatic nitrogens is 1. The summed E-state index contributed by atoms with van der Waals surface area (Å²) in [7, 11) is 5.76. The number of fused-ring (bicyclic) bond motifs is 1. The van der Waals surface area contributed by atoms with Crippen LogP contribution in [-0.4, -0.2) is 72.9 Å². The number of nitrogens with zero attached hydrogens (tertiary/aromatic N) is 4. The smallest absolute Gasteiger partial charge is 0.227 e. The Kier molecular flexibility index (Phi) is 5.11. The molecule has 24 heavy (non-hydrogen) atoms. The summed E-state index contributed by atoms with van der Waals surface area (Å²) in [5.41, 5.74) is 2.09. The van der Waals surface area contributed by atoms with Crippen LogP contribution in [-0.2, 0) is 11.3 Å². The van der Waals surface area contributed by atoms with E-state index in [-0.39, 0.29) is 11.8 Å². The van der Waals surface area contributed by atoms with Gasteiger partial charge in [0.1, 0.15) is 0 Å². The van der Waals surface area contributed by atoms with Crippen molar-refractivity contribution in [1.82, 2.24) is 19.7 Å². The molecular formula is C19H26N4O. The van der Waals surface area contributed by atoms with Crippen LogP contribution in [0.5, 0.6) is 0 Å². The SMILES string of the molecule is CN1CCN(Cc2ccc3ccccc3n2)C[C@H](C(=O)N(C)C)C1. The number of amides is 1. The zero-order valence-electron chi connectivity index (χ0n) is 14.8. The van der Waals surface area contributed by atoms with Gasteiger partial charge in [-0.3, -0.25) is 14.7 Å². The first kappa shape index (κ1) is 16.9. The molecule has 1 fully saturated rings. The van der Waals surface area contributed by atoms with E-state index in [1.54, 1.807) is 4.90 Å². The maximum absolute atomic E-state index is 12.4. The summed E-state index contributed by atoms with van der Waals surface area (Å²) in [6, 6.07) is 12.4. The fraction of sp³-hybridized carbons (Fsp3) is 0.474. The van der Waals surface area contributed by atoms with E-state index in [0.29, 0.717) is 0 Å². The monoisotopic (exact) mass is 326 g/mol. The Hall–Kier alpha value is -1.98. The zero-order valence-corrected chi connectivity index (χ0v) is 14.8. The van der Waals surface area contributed by atoms with Crippen LogP contribution in [0.1, 0.15) is 5.69 Å². The number of likely N-dealkylation sites (N-methyl/N-ethyl adjacent to an activating group) is 1. The highest BCUT2D eigenvalue weighted by Crippen LogP contribution is 2.16. The number of carbonyl (C=O) groups excluding carboxylic acids is 1. The molecule has 128 valence electrons. The number of rotatable bonds is 3.